The highest BCUT2D eigenvalue weighted by Crippen LogP contribution is 2.46. The summed E-state index contributed by atoms with van der Waals surface area (Å²) in [5.41, 5.74) is 2.29. The number of rotatable bonds is 4. The third-order valence-electron chi connectivity index (χ3n) is 3.08. The van der Waals surface area contributed by atoms with Crippen molar-refractivity contribution in [2.45, 2.75) is 26.7 Å². The molecule has 0 amide bonds. The molecule has 2 rings (SSSR count). The molecule has 1 saturated carbocycles. The van der Waals surface area contributed by atoms with Crippen molar-refractivity contribution < 1.29 is 0 Å². The van der Waals surface area contributed by atoms with E-state index in [2.05, 4.69) is 15.3 Å². The lowest BCUT2D eigenvalue weighted by molar-refractivity contribution is 0.617. The molecule has 0 radical (unpaired) electrons. The van der Waals surface area contributed by atoms with Crippen molar-refractivity contribution in [1.29, 1.82) is 0 Å². The molecule has 0 saturated heterocycles. The standard InChI is InChI=1S/C11H16ClN3/c1-8-9(2)15-10(5-13-8)14-7-11(6-12)3-4-11/h5H,3-4,6-7H2,1-2H3,(H,14,15). The molecule has 0 aromatic carbocycles. The number of halogens is 1. The van der Waals surface area contributed by atoms with Gasteiger partial charge in [-0.05, 0) is 26.7 Å². The first kappa shape index (κ1) is 10.7. The summed E-state index contributed by atoms with van der Waals surface area (Å²) in [6, 6.07) is 0. The number of nitrogens with one attached hydrogen (secondary N) is 1. The predicted molar refractivity (Wildman–Crippen MR) is 62.4 cm³/mol. The number of aromatic nitrogens is 2. The lowest BCUT2D eigenvalue weighted by Crippen LogP contribution is -2.17. The maximum absolute atomic E-state index is 5.90. The lowest BCUT2D eigenvalue weighted by Gasteiger charge is -2.13. The van der Waals surface area contributed by atoms with Crippen molar-refractivity contribution in [1.82, 2.24) is 9.97 Å². The molecule has 0 atom stereocenters. The molecular weight excluding hydrogens is 210 g/mol. The summed E-state index contributed by atoms with van der Waals surface area (Å²) in [6.07, 6.45) is 4.23. The van der Waals surface area contributed by atoms with Crippen LogP contribution in [0.15, 0.2) is 6.20 Å². The van der Waals surface area contributed by atoms with Gasteiger partial charge in [0.15, 0.2) is 0 Å². The van der Waals surface area contributed by atoms with Crippen LogP contribution in [0.3, 0.4) is 0 Å². The highest BCUT2D eigenvalue weighted by molar-refractivity contribution is 6.18. The molecule has 1 aromatic rings. The van der Waals surface area contributed by atoms with Gasteiger partial charge < -0.3 is 5.32 Å². The van der Waals surface area contributed by atoms with E-state index in [1.165, 1.54) is 12.8 Å². The molecular formula is C11H16ClN3. The molecule has 1 aliphatic rings. The molecule has 3 nitrogen and oxygen atoms in total. The Balaban J connectivity index is 1.96. The second-order valence-electron chi connectivity index (χ2n) is 4.41. The van der Waals surface area contributed by atoms with Crippen molar-refractivity contribution >= 4 is 17.4 Å². The van der Waals surface area contributed by atoms with Crippen LogP contribution in [0.5, 0.6) is 0 Å². The summed E-state index contributed by atoms with van der Waals surface area (Å²) in [5, 5.41) is 3.31. The van der Waals surface area contributed by atoms with Gasteiger partial charge in [0.25, 0.3) is 0 Å². The van der Waals surface area contributed by atoms with Crippen LogP contribution in [-0.2, 0) is 0 Å². The van der Waals surface area contributed by atoms with E-state index in [0.717, 1.165) is 29.6 Å². The van der Waals surface area contributed by atoms with Gasteiger partial charge in [-0.25, -0.2) is 4.98 Å². The summed E-state index contributed by atoms with van der Waals surface area (Å²) in [5.74, 6) is 1.59. The third kappa shape index (κ3) is 2.40. The van der Waals surface area contributed by atoms with Crippen LogP contribution in [0.25, 0.3) is 0 Å². The molecule has 4 heteroatoms. The molecule has 1 fully saturated rings. The second-order valence-corrected chi connectivity index (χ2v) is 4.68. The highest BCUT2D eigenvalue weighted by Gasteiger charge is 2.41. The fraction of sp³-hybridized carbons (Fsp3) is 0.636. The van der Waals surface area contributed by atoms with E-state index in [1.807, 2.05) is 13.8 Å². The van der Waals surface area contributed by atoms with Crippen molar-refractivity contribution in [2.75, 3.05) is 17.7 Å². The monoisotopic (exact) mass is 225 g/mol. The molecule has 15 heavy (non-hydrogen) atoms. The average Bonchev–Trinajstić information content (AvgIpc) is 3.01. The molecule has 0 unspecified atom stereocenters. The normalized spacial score (nSPS) is 17.5. The van der Waals surface area contributed by atoms with Crippen LogP contribution in [-0.4, -0.2) is 22.4 Å². The van der Waals surface area contributed by atoms with Gasteiger partial charge in [-0.3, -0.25) is 4.98 Å². The summed E-state index contributed by atoms with van der Waals surface area (Å²) < 4.78 is 0. The van der Waals surface area contributed by atoms with Gasteiger partial charge >= 0.3 is 0 Å². The van der Waals surface area contributed by atoms with Crippen LogP contribution < -0.4 is 5.32 Å². The SMILES string of the molecule is Cc1ncc(NCC2(CCl)CC2)nc1C. The molecule has 0 bridgehead atoms. The molecule has 1 heterocycles. The Bertz CT molecular complexity index is 361. The lowest BCUT2D eigenvalue weighted by atomic mass is 10.1. The zero-order valence-electron chi connectivity index (χ0n) is 9.18. The number of nitrogens with zero attached hydrogens (tertiary/aromatic N) is 2. The number of anilines is 1. The Morgan fingerprint density at radius 1 is 1.40 bits per heavy atom. The topological polar surface area (TPSA) is 37.8 Å². The number of hydrogen-bond donors (Lipinski definition) is 1. The van der Waals surface area contributed by atoms with Gasteiger partial charge in [0, 0.05) is 17.8 Å². The van der Waals surface area contributed by atoms with Gasteiger partial charge in [0.2, 0.25) is 0 Å². The fourth-order valence-corrected chi connectivity index (χ4v) is 1.80. The zero-order valence-corrected chi connectivity index (χ0v) is 9.93. The van der Waals surface area contributed by atoms with Gasteiger partial charge in [-0.2, -0.15) is 0 Å². The predicted octanol–water partition coefficient (Wildman–Crippen LogP) is 2.52. The number of alkyl halides is 1. The first-order chi connectivity index (χ1) is 7.15. The molecule has 0 spiro atoms. The molecule has 82 valence electrons. The zero-order chi connectivity index (χ0) is 10.9. The van der Waals surface area contributed by atoms with Gasteiger partial charge in [-0.1, -0.05) is 0 Å². The molecule has 1 aromatic heterocycles. The number of hydrogen-bond acceptors (Lipinski definition) is 3. The van der Waals surface area contributed by atoms with Crippen LogP contribution >= 0.6 is 11.6 Å². The first-order valence-electron chi connectivity index (χ1n) is 5.25. The first-order valence-corrected chi connectivity index (χ1v) is 5.79. The van der Waals surface area contributed by atoms with E-state index in [4.69, 9.17) is 11.6 Å². The Labute approximate surface area is 95.3 Å². The van der Waals surface area contributed by atoms with Crippen LogP contribution in [0.2, 0.25) is 0 Å². The van der Waals surface area contributed by atoms with E-state index >= 15 is 0 Å². The summed E-state index contributed by atoms with van der Waals surface area (Å²) in [6.45, 7) is 4.85. The fourth-order valence-electron chi connectivity index (χ4n) is 1.44. The highest BCUT2D eigenvalue weighted by atomic mass is 35.5. The number of aryl methyl sites for hydroxylation is 2. The Morgan fingerprint density at radius 2 is 2.13 bits per heavy atom. The smallest absolute Gasteiger partial charge is 0.144 e. The minimum atomic E-state index is 0.321. The van der Waals surface area contributed by atoms with Crippen molar-refractivity contribution in [3.05, 3.63) is 17.6 Å². The third-order valence-corrected chi connectivity index (χ3v) is 3.64. The van der Waals surface area contributed by atoms with E-state index < -0.39 is 0 Å². The van der Waals surface area contributed by atoms with Crippen LogP contribution in [0.4, 0.5) is 5.82 Å². The quantitative estimate of drug-likeness (QED) is 0.801. The molecule has 1 aliphatic carbocycles. The maximum Gasteiger partial charge on any atom is 0.144 e. The minimum absolute atomic E-state index is 0.321. The summed E-state index contributed by atoms with van der Waals surface area (Å²) in [7, 11) is 0. The van der Waals surface area contributed by atoms with E-state index in [9.17, 15) is 0 Å². The summed E-state index contributed by atoms with van der Waals surface area (Å²) >= 11 is 5.90. The Kier molecular flexibility index (Phi) is 2.83. The second kappa shape index (κ2) is 3.97. The summed E-state index contributed by atoms with van der Waals surface area (Å²) in [4.78, 5) is 8.69. The van der Waals surface area contributed by atoms with E-state index in [-0.39, 0.29) is 0 Å². The van der Waals surface area contributed by atoms with E-state index in [0.29, 0.717) is 5.41 Å². The van der Waals surface area contributed by atoms with Crippen molar-refractivity contribution in [3.63, 3.8) is 0 Å². The Hall–Kier alpha value is -0.830. The van der Waals surface area contributed by atoms with Crippen molar-refractivity contribution in [3.8, 4) is 0 Å². The van der Waals surface area contributed by atoms with Gasteiger partial charge in [0.1, 0.15) is 5.82 Å². The maximum atomic E-state index is 5.90. The molecule has 1 N–H and O–H groups in total. The average molecular weight is 226 g/mol. The molecule has 0 aliphatic heterocycles. The van der Waals surface area contributed by atoms with Gasteiger partial charge in [0.05, 0.1) is 17.6 Å². The van der Waals surface area contributed by atoms with Crippen molar-refractivity contribution in [2.24, 2.45) is 5.41 Å². The largest absolute Gasteiger partial charge is 0.368 e. The van der Waals surface area contributed by atoms with Gasteiger partial charge in [-0.15, -0.1) is 11.6 Å². The van der Waals surface area contributed by atoms with Crippen LogP contribution in [0, 0.1) is 19.3 Å². The Morgan fingerprint density at radius 3 is 2.67 bits per heavy atom. The van der Waals surface area contributed by atoms with E-state index in [1.54, 1.807) is 6.20 Å². The van der Waals surface area contributed by atoms with Crippen LogP contribution in [0.1, 0.15) is 24.2 Å². The minimum Gasteiger partial charge on any atom is -0.368 e.